The van der Waals surface area contributed by atoms with Gasteiger partial charge in [0.05, 0.1) is 31.4 Å². The van der Waals surface area contributed by atoms with Crippen molar-refractivity contribution in [1.29, 1.82) is 0 Å². The lowest BCUT2D eigenvalue weighted by atomic mass is 10.0. The van der Waals surface area contributed by atoms with Gasteiger partial charge in [-0.05, 0) is 103 Å². The van der Waals surface area contributed by atoms with E-state index in [2.05, 4.69) is 83.9 Å². The van der Waals surface area contributed by atoms with Crippen molar-refractivity contribution in [2.24, 2.45) is 11.8 Å². The molecule has 0 bridgehead atoms. The Morgan fingerprint density at radius 3 is 2.37 bits per heavy atom. The molecule has 14 heteroatoms. The molecular weight excluding hydrogens is 899 g/mol. The van der Waals surface area contributed by atoms with Crippen LogP contribution in [0.4, 0.5) is 16.2 Å². The molecule has 13 nitrogen and oxygen atoms in total. The van der Waals surface area contributed by atoms with Crippen molar-refractivity contribution in [2.45, 2.75) is 115 Å². The van der Waals surface area contributed by atoms with Crippen molar-refractivity contribution in [3.8, 4) is 22.6 Å². The van der Waals surface area contributed by atoms with Gasteiger partial charge in [-0.2, -0.15) is 0 Å². The highest BCUT2D eigenvalue weighted by Crippen LogP contribution is 2.46. The standard InChI is InChI=1S/C56H75N5O8Si/c1-56(2,3)70(4,5)69-50(47-22-23-49(62)53-54(47)67-38-51(63)59-53)35-57-27-29-61(44-18-9-10-19-44)52(64)26-31-66-30-25-40-15-13-14-39(32-40)24-28-60-36-42-33-45(34-43(42)37-60)68-55(65)58-48-21-12-11-20-46(48)41-16-7-6-8-17-41/h6-8,11-17,20-23,32,42-45,50,57,62H,9-10,18-19,24-31,33-38H2,1-5H3,(H,58,65)(H,59,63)/t42-,43?,45?,50-/m0/s1. The first-order valence-electron chi connectivity index (χ1n) is 25.7. The lowest BCUT2D eigenvalue weighted by Crippen LogP contribution is -2.45. The van der Waals surface area contributed by atoms with Crippen LogP contribution in [0, 0.1) is 11.8 Å². The number of ether oxygens (including phenoxy) is 3. The van der Waals surface area contributed by atoms with E-state index in [-0.39, 0.29) is 53.1 Å². The van der Waals surface area contributed by atoms with E-state index in [9.17, 15) is 19.5 Å². The Morgan fingerprint density at radius 1 is 0.914 bits per heavy atom. The number of likely N-dealkylation sites (tertiary alicyclic amines) is 1. The van der Waals surface area contributed by atoms with E-state index in [1.54, 1.807) is 6.07 Å². The molecule has 4 aromatic rings. The number of hydrogen-bond donors (Lipinski definition) is 4. The highest BCUT2D eigenvalue weighted by atomic mass is 28.4. The molecule has 2 aliphatic heterocycles. The van der Waals surface area contributed by atoms with Crippen LogP contribution in [0.25, 0.3) is 11.1 Å². The van der Waals surface area contributed by atoms with E-state index < -0.39 is 14.4 Å². The molecule has 2 saturated carbocycles. The molecule has 4 N–H and O–H groups in total. The third-order valence-electron chi connectivity index (χ3n) is 15.3. The Morgan fingerprint density at radius 2 is 1.63 bits per heavy atom. The number of phenols is 1. The second kappa shape index (κ2) is 23.3. The molecule has 3 fully saturated rings. The van der Waals surface area contributed by atoms with Crippen LogP contribution in [0.1, 0.15) is 88.5 Å². The summed E-state index contributed by atoms with van der Waals surface area (Å²) in [5.41, 5.74) is 6.39. The number of anilines is 2. The average molecular weight is 974 g/mol. The molecule has 3 amide bonds. The Bertz CT molecular complexity index is 2390. The van der Waals surface area contributed by atoms with Gasteiger partial charge < -0.3 is 44.2 Å². The Balaban J connectivity index is 0.748. The zero-order valence-electron chi connectivity index (χ0n) is 42.0. The van der Waals surface area contributed by atoms with Crippen molar-refractivity contribution in [1.82, 2.24) is 15.1 Å². The molecule has 2 unspecified atom stereocenters. The topological polar surface area (TPSA) is 151 Å². The van der Waals surface area contributed by atoms with Crippen molar-refractivity contribution in [2.75, 3.05) is 69.7 Å². The lowest BCUT2D eigenvalue weighted by molar-refractivity contribution is -0.134. The van der Waals surface area contributed by atoms with Crippen LogP contribution in [-0.4, -0.2) is 112 Å². The van der Waals surface area contributed by atoms with E-state index in [4.69, 9.17) is 18.6 Å². The SMILES string of the molecule is CC(C)(C)[Si](C)(C)O[C@@H](CNCCN(C(=O)CCOCCc1cccc(CCN2CC3CC(OC(=O)Nc4ccccc4-c4ccccc4)C[C@H]3C2)c1)C1CCCC1)c1ccc(O)c2c1OCC(=O)N2. The van der Waals surface area contributed by atoms with Gasteiger partial charge >= 0.3 is 6.09 Å². The summed E-state index contributed by atoms with van der Waals surface area (Å²) in [4.78, 5) is 43.6. The molecule has 4 aliphatic rings. The van der Waals surface area contributed by atoms with Gasteiger partial charge in [-0.15, -0.1) is 0 Å². The maximum absolute atomic E-state index is 13.8. The van der Waals surface area contributed by atoms with Gasteiger partial charge in [0, 0.05) is 56.4 Å². The number of phenolic OH excluding ortho intramolecular Hbond substituents is 1. The van der Waals surface area contributed by atoms with Crippen molar-refractivity contribution in [3.63, 3.8) is 0 Å². The number of nitrogens with one attached hydrogen (secondary N) is 3. The van der Waals surface area contributed by atoms with Gasteiger partial charge in [0.25, 0.3) is 5.91 Å². The smallest absolute Gasteiger partial charge is 0.411 e. The molecular formula is C56H75N5O8Si. The summed E-state index contributed by atoms with van der Waals surface area (Å²) in [5.74, 6) is 1.30. The Kier molecular flexibility index (Phi) is 17.0. The highest BCUT2D eigenvalue weighted by molar-refractivity contribution is 6.74. The maximum atomic E-state index is 13.8. The van der Waals surface area contributed by atoms with Crippen molar-refractivity contribution < 1.29 is 38.1 Å². The van der Waals surface area contributed by atoms with Crippen molar-refractivity contribution in [3.05, 3.63) is 108 Å². The number of para-hydroxylation sites is 1. The van der Waals surface area contributed by atoms with Crippen LogP contribution in [-0.2, 0) is 36.3 Å². The lowest BCUT2D eigenvalue weighted by Gasteiger charge is -2.40. The van der Waals surface area contributed by atoms with Crippen LogP contribution in [0.2, 0.25) is 18.1 Å². The van der Waals surface area contributed by atoms with E-state index in [0.717, 1.165) is 93.4 Å². The summed E-state index contributed by atoms with van der Waals surface area (Å²) in [6.07, 6.45) is 7.39. The number of benzene rings is 4. The molecule has 0 radical (unpaired) electrons. The molecule has 8 rings (SSSR count). The van der Waals surface area contributed by atoms with Crippen LogP contribution in [0.15, 0.2) is 91.0 Å². The van der Waals surface area contributed by atoms with Crippen LogP contribution in [0.3, 0.4) is 0 Å². The van der Waals surface area contributed by atoms with E-state index in [1.807, 2.05) is 60.7 Å². The summed E-state index contributed by atoms with van der Waals surface area (Å²) in [6, 6.07) is 30.4. The Hall–Kier alpha value is -5.25. The van der Waals surface area contributed by atoms with Gasteiger partial charge in [0.1, 0.15) is 17.5 Å². The van der Waals surface area contributed by atoms with E-state index in [0.29, 0.717) is 56.9 Å². The summed E-state index contributed by atoms with van der Waals surface area (Å²) < 4.78 is 24.9. The Labute approximate surface area is 416 Å². The number of carbonyl (C=O) groups is 3. The predicted molar refractivity (Wildman–Crippen MR) is 278 cm³/mol. The molecule has 70 heavy (non-hydrogen) atoms. The average Bonchev–Trinajstić information content (AvgIpc) is 4.09. The summed E-state index contributed by atoms with van der Waals surface area (Å²) in [6.45, 7) is 16.6. The quantitative estimate of drug-likeness (QED) is 0.0361. The predicted octanol–water partition coefficient (Wildman–Crippen LogP) is 9.96. The molecule has 0 aromatic heterocycles. The van der Waals surface area contributed by atoms with Gasteiger partial charge in [-0.3, -0.25) is 14.9 Å². The minimum absolute atomic E-state index is 0.0453. The molecule has 4 atom stereocenters. The zero-order valence-corrected chi connectivity index (χ0v) is 43.0. The fourth-order valence-electron chi connectivity index (χ4n) is 10.5. The second-order valence-electron chi connectivity index (χ2n) is 21.3. The monoisotopic (exact) mass is 974 g/mol. The normalized spacial score (nSPS) is 19.8. The molecule has 1 saturated heterocycles. The number of aromatic hydroxyl groups is 1. The fraction of sp³-hybridized carbons (Fsp3) is 0.518. The van der Waals surface area contributed by atoms with Crippen LogP contribution in [0.5, 0.6) is 11.5 Å². The number of hydrogen-bond acceptors (Lipinski definition) is 10. The van der Waals surface area contributed by atoms with E-state index in [1.165, 1.54) is 11.1 Å². The first-order valence-corrected chi connectivity index (χ1v) is 28.6. The van der Waals surface area contributed by atoms with E-state index >= 15 is 0 Å². The highest BCUT2D eigenvalue weighted by Gasteiger charge is 2.43. The van der Waals surface area contributed by atoms with Gasteiger partial charge in [0.15, 0.2) is 20.7 Å². The van der Waals surface area contributed by atoms with Crippen LogP contribution >= 0.6 is 0 Å². The third-order valence-corrected chi connectivity index (χ3v) is 19.8. The van der Waals surface area contributed by atoms with Gasteiger partial charge in [-0.25, -0.2) is 4.79 Å². The molecule has 2 aliphatic carbocycles. The first-order chi connectivity index (χ1) is 33.7. The summed E-state index contributed by atoms with van der Waals surface area (Å²) in [7, 11) is -2.26. The molecule has 0 spiro atoms. The summed E-state index contributed by atoms with van der Waals surface area (Å²) in [5, 5.41) is 19.9. The van der Waals surface area contributed by atoms with Crippen LogP contribution < -0.4 is 20.7 Å². The largest absolute Gasteiger partial charge is 0.506 e. The third kappa shape index (κ3) is 13.2. The van der Waals surface area contributed by atoms with Gasteiger partial charge in [-0.1, -0.05) is 106 Å². The number of carbonyl (C=O) groups excluding carboxylic acids is 3. The minimum Gasteiger partial charge on any atom is -0.506 e. The number of rotatable bonds is 21. The number of amides is 3. The minimum atomic E-state index is -2.26. The molecule has 4 aromatic carbocycles. The first kappa shape index (κ1) is 51.1. The maximum Gasteiger partial charge on any atom is 0.411 e. The molecule has 2 heterocycles. The number of nitrogens with zero attached hydrogens (tertiary/aromatic N) is 2. The number of fused-ring (bicyclic) bond motifs is 2. The summed E-state index contributed by atoms with van der Waals surface area (Å²) >= 11 is 0. The fourth-order valence-corrected chi connectivity index (χ4v) is 11.8. The second-order valence-corrected chi connectivity index (χ2v) is 26.1. The van der Waals surface area contributed by atoms with Gasteiger partial charge in [0.2, 0.25) is 5.91 Å². The molecule has 376 valence electrons. The zero-order chi connectivity index (χ0) is 49.3. The van der Waals surface area contributed by atoms with Crippen molar-refractivity contribution >= 4 is 37.6 Å².